The number of hydrogen-bond donors (Lipinski definition) is 1. The van der Waals surface area contributed by atoms with E-state index in [0.717, 1.165) is 16.2 Å². The Morgan fingerprint density at radius 3 is 2.47 bits per heavy atom. The number of benzene rings is 1. The van der Waals surface area contributed by atoms with Crippen molar-refractivity contribution in [3.63, 3.8) is 0 Å². The maximum Gasteiger partial charge on any atom is 0.410 e. The number of pyridine rings is 2. The molecule has 0 aliphatic carbocycles. The van der Waals surface area contributed by atoms with Crippen LogP contribution in [0, 0.1) is 0 Å². The molecule has 158 valence electrons. The van der Waals surface area contributed by atoms with Gasteiger partial charge in [-0.15, -0.1) is 0 Å². The van der Waals surface area contributed by atoms with E-state index in [4.69, 9.17) is 9.72 Å². The van der Waals surface area contributed by atoms with Gasteiger partial charge in [0.2, 0.25) is 0 Å². The Labute approximate surface area is 175 Å². The van der Waals surface area contributed by atoms with E-state index >= 15 is 0 Å². The summed E-state index contributed by atoms with van der Waals surface area (Å²) in [6, 6.07) is 6.78. The first-order valence-electron chi connectivity index (χ1n) is 9.63. The predicted octanol–water partition coefficient (Wildman–Crippen LogP) is 3.78. The Morgan fingerprint density at radius 1 is 1.07 bits per heavy atom. The van der Waals surface area contributed by atoms with Gasteiger partial charge in [-0.3, -0.25) is 4.98 Å². The van der Waals surface area contributed by atoms with Crippen molar-refractivity contribution < 1.29 is 19.4 Å². The molecule has 1 aromatic carbocycles. The maximum absolute atomic E-state index is 12.2. The van der Waals surface area contributed by atoms with Crippen LogP contribution in [0.25, 0.3) is 21.7 Å². The summed E-state index contributed by atoms with van der Waals surface area (Å²) in [5, 5.41) is 11.9. The molecule has 8 heteroatoms. The Balaban J connectivity index is 1.91. The standard InChI is InChI=1S/C22H26N4O4/c1-22(2,3)30-21(29)26(5)11-10-25(4)19-16-8-9-23-13-17(16)15-7-6-14(20(27)28)12-18(15)24-19/h6-9,12-13H,10-11H2,1-5H3,(H,27,28). The molecule has 0 saturated heterocycles. The first-order valence-corrected chi connectivity index (χ1v) is 9.63. The second kappa shape index (κ2) is 8.14. The molecule has 1 amide bonds. The van der Waals surface area contributed by atoms with Crippen LogP contribution in [-0.2, 0) is 4.74 Å². The molecule has 2 heterocycles. The highest BCUT2D eigenvalue weighted by atomic mass is 16.6. The molecule has 8 nitrogen and oxygen atoms in total. The van der Waals surface area contributed by atoms with Crippen LogP contribution in [0.1, 0.15) is 31.1 Å². The molecule has 0 fully saturated rings. The van der Waals surface area contributed by atoms with Gasteiger partial charge in [0, 0.05) is 55.7 Å². The number of ether oxygens (including phenoxy) is 1. The number of carboxylic acids is 1. The molecule has 0 spiro atoms. The molecule has 2 aromatic heterocycles. The van der Waals surface area contributed by atoms with Crippen LogP contribution in [0.15, 0.2) is 36.7 Å². The van der Waals surface area contributed by atoms with Crippen LogP contribution < -0.4 is 4.90 Å². The van der Waals surface area contributed by atoms with Crippen LogP contribution in [-0.4, -0.2) is 64.8 Å². The number of aromatic carboxylic acids is 1. The summed E-state index contributed by atoms with van der Waals surface area (Å²) in [4.78, 5) is 36.0. The number of amides is 1. The van der Waals surface area contributed by atoms with Crippen LogP contribution in [0.3, 0.4) is 0 Å². The van der Waals surface area contributed by atoms with Crippen molar-refractivity contribution in [2.24, 2.45) is 0 Å². The maximum atomic E-state index is 12.2. The zero-order valence-corrected chi connectivity index (χ0v) is 17.8. The van der Waals surface area contributed by atoms with Gasteiger partial charge in [-0.25, -0.2) is 14.6 Å². The summed E-state index contributed by atoms with van der Waals surface area (Å²) in [5.41, 5.74) is 0.205. The molecule has 3 aromatic rings. The number of fused-ring (bicyclic) bond motifs is 3. The second-order valence-electron chi connectivity index (χ2n) is 8.22. The number of rotatable bonds is 5. The topological polar surface area (TPSA) is 95.9 Å². The first kappa shape index (κ1) is 21.3. The van der Waals surface area contributed by atoms with E-state index in [1.54, 1.807) is 37.6 Å². The van der Waals surface area contributed by atoms with E-state index in [-0.39, 0.29) is 11.7 Å². The number of carboxylic acid groups (broad SMARTS) is 1. The molecule has 0 radical (unpaired) electrons. The average molecular weight is 410 g/mol. The van der Waals surface area contributed by atoms with Gasteiger partial charge in [0.15, 0.2) is 0 Å². The molecule has 30 heavy (non-hydrogen) atoms. The number of carbonyl (C=O) groups is 2. The van der Waals surface area contributed by atoms with Crippen LogP contribution in [0.2, 0.25) is 0 Å². The highest BCUT2D eigenvalue weighted by Crippen LogP contribution is 2.30. The third kappa shape index (κ3) is 4.59. The largest absolute Gasteiger partial charge is 0.478 e. The van der Waals surface area contributed by atoms with Gasteiger partial charge in [-0.1, -0.05) is 6.07 Å². The molecule has 0 aliphatic heterocycles. The number of likely N-dealkylation sites (N-methyl/N-ethyl adjacent to an activating group) is 2. The number of carbonyl (C=O) groups excluding carboxylic acids is 1. The van der Waals surface area contributed by atoms with Gasteiger partial charge in [0.1, 0.15) is 11.4 Å². The van der Waals surface area contributed by atoms with Gasteiger partial charge < -0.3 is 19.6 Å². The fourth-order valence-electron chi connectivity index (χ4n) is 3.09. The minimum Gasteiger partial charge on any atom is -0.478 e. The molecular formula is C22H26N4O4. The zero-order valence-electron chi connectivity index (χ0n) is 17.8. The quantitative estimate of drug-likeness (QED) is 0.639. The van der Waals surface area contributed by atoms with Crippen molar-refractivity contribution in [3.05, 3.63) is 42.2 Å². The monoisotopic (exact) mass is 410 g/mol. The van der Waals surface area contributed by atoms with E-state index in [9.17, 15) is 14.7 Å². The van der Waals surface area contributed by atoms with Crippen molar-refractivity contribution in [2.75, 3.05) is 32.1 Å². The smallest absolute Gasteiger partial charge is 0.410 e. The highest BCUT2D eigenvalue weighted by molar-refractivity contribution is 6.10. The SMILES string of the molecule is CN(CCN(C)c1nc2cc(C(=O)O)ccc2c2cnccc12)C(=O)OC(C)(C)C. The molecule has 3 rings (SSSR count). The van der Waals surface area contributed by atoms with Crippen molar-refractivity contribution >= 4 is 39.6 Å². The average Bonchev–Trinajstić information content (AvgIpc) is 2.69. The lowest BCUT2D eigenvalue weighted by Crippen LogP contribution is -2.38. The second-order valence-corrected chi connectivity index (χ2v) is 8.22. The Morgan fingerprint density at radius 2 is 1.80 bits per heavy atom. The summed E-state index contributed by atoms with van der Waals surface area (Å²) in [7, 11) is 3.58. The van der Waals surface area contributed by atoms with Gasteiger partial charge in [0.25, 0.3) is 0 Å². The summed E-state index contributed by atoms with van der Waals surface area (Å²) in [5.74, 6) is -0.307. The number of aromatic nitrogens is 2. The van der Waals surface area contributed by atoms with Gasteiger partial charge in [-0.2, -0.15) is 0 Å². The van der Waals surface area contributed by atoms with Crippen LogP contribution in [0.5, 0.6) is 0 Å². The lowest BCUT2D eigenvalue weighted by molar-refractivity contribution is 0.0303. The minimum atomic E-state index is -1.00. The fraction of sp³-hybridized carbons (Fsp3) is 0.364. The first-order chi connectivity index (χ1) is 14.1. The third-order valence-corrected chi connectivity index (χ3v) is 4.66. The van der Waals surface area contributed by atoms with Crippen molar-refractivity contribution in [2.45, 2.75) is 26.4 Å². The number of nitrogens with zero attached hydrogens (tertiary/aromatic N) is 4. The molecule has 0 saturated carbocycles. The van der Waals surface area contributed by atoms with Crippen molar-refractivity contribution in [1.29, 1.82) is 0 Å². The van der Waals surface area contributed by atoms with Crippen LogP contribution in [0.4, 0.5) is 10.6 Å². The summed E-state index contributed by atoms with van der Waals surface area (Å²) in [6.45, 7) is 6.44. The lowest BCUT2D eigenvalue weighted by atomic mass is 10.1. The van der Waals surface area contributed by atoms with Crippen molar-refractivity contribution in [1.82, 2.24) is 14.9 Å². The van der Waals surface area contributed by atoms with Gasteiger partial charge >= 0.3 is 12.1 Å². The summed E-state index contributed by atoms with van der Waals surface area (Å²) >= 11 is 0. The van der Waals surface area contributed by atoms with Gasteiger partial charge in [0.05, 0.1) is 11.1 Å². The van der Waals surface area contributed by atoms with E-state index in [2.05, 4.69) is 4.98 Å². The minimum absolute atomic E-state index is 0.177. The molecule has 0 atom stereocenters. The molecular weight excluding hydrogens is 384 g/mol. The number of anilines is 1. The molecule has 0 unspecified atom stereocenters. The van der Waals surface area contributed by atoms with E-state index < -0.39 is 11.6 Å². The fourth-order valence-corrected chi connectivity index (χ4v) is 3.09. The Hall–Kier alpha value is -3.42. The molecule has 1 N–H and O–H groups in total. The lowest BCUT2D eigenvalue weighted by Gasteiger charge is -2.27. The van der Waals surface area contributed by atoms with Gasteiger partial charge in [-0.05, 0) is 39.0 Å². The predicted molar refractivity (Wildman–Crippen MR) is 116 cm³/mol. The Kier molecular flexibility index (Phi) is 5.78. The highest BCUT2D eigenvalue weighted by Gasteiger charge is 2.20. The Bertz CT molecular complexity index is 1110. The summed E-state index contributed by atoms with van der Waals surface area (Å²) in [6.07, 6.45) is 3.07. The van der Waals surface area contributed by atoms with E-state index in [1.165, 1.54) is 4.90 Å². The molecule has 0 bridgehead atoms. The third-order valence-electron chi connectivity index (χ3n) is 4.66. The molecule has 0 aliphatic rings. The van der Waals surface area contributed by atoms with E-state index in [0.29, 0.717) is 24.4 Å². The zero-order chi connectivity index (χ0) is 22.1. The van der Waals surface area contributed by atoms with Crippen molar-refractivity contribution in [3.8, 4) is 0 Å². The number of hydrogen-bond acceptors (Lipinski definition) is 6. The summed E-state index contributed by atoms with van der Waals surface area (Å²) < 4.78 is 5.39. The van der Waals surface area contributed by atoms with E-state index in [1.807, 2.05) is 38.8 Å². The van der Waals surface area contributed by atoms with Crippen LogP contribution >= 0.6 is 0 Å². The normalized spacial score (nSPS) is 11.5.